The first-order valence-corrected chi connectivity index (χ1v) is 4.44. The van der Waals surface area contributed by atoms with Crippen molar-refractivity contribution in [2.45, 2.75) is 19.5 Å². The molecular formula is C10H12F3NO. The van der Waals surface area contributed by atoms with E-state index in [-0.39, 0.29) is 6.61 Å². The highest BCUT2D eigenvalue weighted by molar-refractivity contribution is 5.49. The monoisotopic (exact) mass is 219 g/mol. The molecule has 1 aromatic rings. The predicted molar refractivity (Wildman–Crippen MR) is 51.8 cm³/mol. The zero-order valence-electron chi connectivity index (χ0n) is 8.27. The molecule has 0 fully saturated rings. The molecule has 0 aliphatic carbocycles. The summed E-state index contributed by atoms with van der Waals surface area (Å²) in [5.74, 6) is 0.408. The Morgan fingerprint density at radius 1 is 1.33 bits per heavy atom. The third-order valence-electron chi connectivity index (χ3n) is 1.90. The van der Waals surface area contributed by atoms with Crippen LogP contribution in [0.2, 0.25) is 0 Å². The van der Waals surface area contributed by atoms with Crippen LogP contribution in [0.5, 0.6) is 5.75 Å². The lowest BCUT2D eigenvalue weighted by Gasteiger charge is -2.09. The summed E-state index contributed by atoms with van der Waals surface area (Å²) in [5.41, 5.74) is 6.94. The fourth-order valence-corrected chi connectivity index (χ4v) is 1.02. The molecule has 0 amide bonds. The van der Waals surface area contributed by atoms with Gasteiger partial charge in [-0.3, -0.25) is 0 Å². The lowest BCUT2D eigenvalue weighted by atomic mass is 10.2. The van der Waals surface area contributed by atoms with Crippen molar-refractivity contribution in [1.82, 2.24) is 0 Å². The first-order valence-electron chi connectivity index (χ1n) is 4.44. The van der Waals surface area contributed by atoms with E-state index in [1.165, 1.54) is 0 Å². The number of halogens is 3. The van der Waals surface area contributed by atoms with Crippen molar-refractivity contribution in [2.75, 3.05) is 12.3 Å². The summed E-state index contributed by atoms with van der Waals surface area (Å²) in [6, 6.07) is 4.78. The second-order valence-corrected chi connectivity index (χ2v) is 3.23. The molecule has 84 valence electrons. The van der Waals surface area contributed by atoms with Crippen molar-refractivity contribution >= 4 is 5.69 Å². The van der Waals surface area contributed by atoms with Gasteiger partial charge in [-0.25, -0.2) is 0 Å². The SMILES string of the molecule is Cc1cc(OCCC(F)(F)F)ccc1N. The Kier molecular flexibility index (Phi) is 3.44. The van der Waals surface area contributed by atoms with E-state index in [4.69, 9.17) is 10.5 Å². The van der Waals surface area contributed by atoms with Crippen molar-refractivity contribution in [2.24, 2.45) is 0 Å². The van der Waals surface area contributed by atoms with Crippen molar-refractivity contribution in [3.05, 3.63) is 23.8 Å². The zero-order chi connectivity index (χ0) is 11.5. The second-order valence-electron chi connectivity index (χ2n) is 3.23. The topological polar surface area (TPSA) is 35.2 Å². The summed E-state index contributed by atoms with van der Waals surface area (Å²) < 4.78 is 40.3. The van der Waals surface area contributed by atoms with E-state index < -0.39 is 12.6 Å². The third kappa shape index (κ3) is 4.10. The van der Waals surface area contributed by atoms with Crippen LogP contribution in [0.25, 0.3) is 0 Å². The molecule has 0 aliphatic heterocycles. The Labute approximate surface area is 85.8 Å². The number of anilines is 1. The Balaban J connectivity index is 2.48. The fourth-order valence-electron chi connectivity index (χ4n) is 1.02. The number of aryl methyl sites for hydroxylation is 1. The third-order valence-corrected chi connectivity index (χ3v) is 1.90. The Bertz CT molecular complexity index is 336. The molecular weight excluding hydrogens is 207 g/mol. The molecule has 0 spiro atoms. The van der Waals surface area contributed by atoms with Crippen LogP contribution in [0.15, 0.2) is 18.2 Å². The van der Waals surface area contributed by atoms with Crippen molar-refractivity contribution in [3.8, 4) is 5.75 Å². The molecule has 0 saturated heterocycles. The zero-order valence-corrected chi connectivity index (χ0v) is 8.27. The molecule has 2 N–H and O–H groups in total. The summed E-state index contributed by atoms with van der Waals surface area (Å²) >= 11 is 0. The van der Waals surface area contributed by atoms with Crippen molar-refractivity contribution in [1.29, 1.82) is 0 Å². The van der Waals surface area contributed by atoms with Crippen LogP contribution in [0.3, 0.4) is 0 Å². The first kappa shape index (κ1) is 11.7. The smallest absolute Gasteiger partial charge is 0.392 e. The average Bonchev–Trinajstić information content (AvgIpc) is 2.09. The molecule has 0 aromatic heterocycles. The maximum absolute atomic E-state index is 11.8. The van der Waals surface area contributed by atoms with Gasteiger partial charge in [0.2, 0.25) is 0 Å². The molecule has 0 saturated carbocycles. The van der Waals surface area contributed by atoms with E-state index in [0.29, 0.717) is 11.4 Å². The minimum atomic E-state index is -4.18. The minimum Gasteiger partial charge on any atom is -0.493 e. The molecule has 0 heterocycles. The molecule has 0 aliphatic rings. The molecule has 2 nitrogen and oxygen atoms in total. The molecule has 0 radical (unpaired) electrons. The molecule has 1 aromatic carbocycles. The maximum atomic E-state index is 11.8. The highest BCUT2D eigenvalue weighted by Crippen LogP contribution is 2.22. The van der Waals surface area contributed by atoms with Crippen LogP contribution in [0, 0.1) is 6.92 Å². The molecule has 0 bridgehead atoms. The summed E-state index contributed by atoms with van der Waals surface area (Å²) in [6.45, 7) is 1.40. The number of hydrogen-bond acceptors (Lipinski definition) is 2. The van der Waals surface area contributed by atoms with Crippen LogP contribution in [0.4, 0.5) is 18.9 Å². The van der Waals surface area contributed by atoms with Gasteiger partial charge in [0.25, 0.3) is 0 Å². The number of hydrogen-bond donors (Lipinski definition) is 1. The van der Waals surface area contributed by atoms with Gasteiger partial charge in [-0.2, -0.15) is 13.2 Å². The quantitative estimate of drug-likeness (QED) is 0.793. The Morgan fingerprint density at radius 3 is 2.53 bits per heavy atom. The summed E-state index contributed by atoms with van der Waals surface area (Å²) in [4.78, 5) is 0. The predicted octanol–water partition coefficient (Wildman–Crippen LogP) is 2.91. The Hall–Kier alpha value is -1.39. The molecule has 0 atom stereocenters. The van der Waals surface area contributed by atoms with E-state index in [1.807, 2.05) is 0 Å². The number of ether oxygens (including phenoxy) is 1. The lowest BCUT2D eigenvalue weighted by Crippen LogP contribution is -2.13. The van der Waals surface area contributed by atoms with Crippen LogP contribution in [0.1, 0.15) is 12.0 Å². The standard InChI is InChI=1S/C10H12F3NO/c1-7-6-8(2-3-9(7)14)15-5-4-10(11,12)13/h2-3,6H,4-5,14H2,1H3. The maximum Gasteiger partial charge on any atom is 0.392 e. The first-order chi connectivity index (χ1) is 6.88. The summed E-state index contributed by atoms with van der Waals surface area (Å²) in [5, 5.41) is 0. The average molecular weight is 219 g/mol. The number of alkyl halides is 3. The van der Waals surface area contributed by atoms with Gasteiger partial charge in [0.15, 0.2) is 0 Å². The van der Waals surface area contributed by atoms with Gasteiger partial charge in [-0.05, 0) is 30.7 Å². The fraction of sp³-hybridized carbons (Fsp3) is 0.400. The molecule has 5 heteroatoms. The van der Waals surface area contributed by atoms with Gasteiger partial charge in [-0.1, -0.05) is 0 Å². The largest absolute Gasteiger partial charge is 0.493 e. The van der Waals surface area contributed by atoms with Gasteiger partial charge < -0.3 is 10.5 Å². The van der Waals surface area contributed by atoms with E-state index in [2.05, 4.69) is 0 Å². The molecule has 15 heavy (non-hydrogen) atoms. The Morgan fingerprint density at radius 2 is 2.00 bits per heavy atom. The highest BCUT2D eigenvalue weighted by atomic mass is 19.4. The van der Waals surface area contributed by atoms with Crippen molar-refractivity contribution in [3.63, 3.8) is 0 Å². The van der Waals surface area contributed by atoms with Crippen molar-refractivity contribution < 1.29 is 17.9 Å². The summed E-state index contributed by atoms with van der Waals surface area (Å²) in [6.07, 6.45) is -5.13. The van der Waals surface area contributed by atoms with E-state index in [9.17, 15) is 13.2 Å². The minimum absolute atomic E-state index is 0.368. The van der Waals surface area contributed by atoms with E-state index in [0.717, 1.165) is 5.56 Å². The van der Waals surface area contributed by atoms with Gasteiger partial charge in [0.05, 0.1) is 13.0 Å². The number of rotatable bonds is 3. The van der Waals surface area contributed by atoms with E-state index in [1.54, 1.807) is 25.1 Å². The van der Waals surface area contributed by atoms with Gasteiger partial charge >= 0.3 is 6.18 Å². The molecule has 0 unspecified atom stereocenters. The number of nitrogen functional groups attached to an aromatic ring is 1. The highest BCUT2D eigenvalue weighted by Gasteiger charge is 2.26. The number of benzene rings is 1. The van der Waals surface area contributed by atoms with Gasteiger partial charge in [-0.15, -0.1) is 0 Å². The van der Waals surface area contributed by atoms with Crippen LogP contribution >= 0.6 is 0 Å². The summed E-state index contributed by atoms with van der Waals surface area (Å²) in [7, 11) is 0. The van der Waals surface area contributed by atoms with Crippen LogP contribution < -0.4 is 10.5 Å². The lowest BCUT2D eigenvalue weighted by molar-refractivity contribution is -0.139. The normalized spacial score (nSPS) is 11.5. The van der Waals surface area contributed by atoms with Gasteiger partial charge in [0.1, 0.15) is 5.75 Å². The second kappa shape index (κ2) is 4.42. The van der Waals surface area contributed by atoms with Gasteiger partial charge in [0, 0.05) is 5.69 Å². The van der Waals surface area contributed by atoms with E-state index >= 15 is 0 Å². The van der Waals surface area contributed by atoms with Crippen LogP contribution in [-0.4, -0.2) is 12.8 Å². The molecule has 1 rings (SSSR count). The van der Waals surface area contributed by atoms with Crippen LogP contribution in [-0.2, 0) is 0 Å². The number of nitrogens with two attached hydrogens (primary N) is 1.